The second-order valence-electron chi connectivity index (χ2n) is 11.4. The number of alkyl halides is 3. The van der Waals surface area contributed by atoms with Gasteiger partial charge in [0.05, 0.1) is 43.1 Å². The first-order valence-electron chi connectivity index (χ1n) is 14.5. The number of imidazole rings is 1. The molecule has 2 N–H and O–H groups in total. The summed E-state index contributed by atoms with van der Waals surface area (Å²) in [6.07, 6.45) is 2.40. The molecule has 0 spiro atoms. The fraction of sp³-hybridized carbons (Fsp3) is 0.226. The lowest BCUT2D eigenvalue weighted by Crippen LogP contribution is -2.39. The zero-order valence-electron chi connectivity index (χ0n) is 26.3. The van der Waals surface area contributed by atoms with Gasteiger partial charge in [-0.15, -0.1) is 0 Å². The Morgan fingerprint density at radius 1 is 1.14 bits per heavy atom. The predicted molar refractivity (Wildman–Crippen MR) is 174 cm³/mol. The molecule has 0 atom stereocenters. The molecule has 254 valence electrons. The van der Waals surface area contributed by atoms with E-state index >= 15 is 0 Å². The van der Waals surface area contributed by atoms with Gasteiger partial charge in [0.1, 0.15) is 36.9 Å². The van der Waals surface area contributed by atoms with E-state index < -0.39 is 28.6 Å². The van der Waals surface area contributed by atoms with Gasteiger partial charge in [-0.3, -0.25) is 14.3 Å². The summed E-state index contributed by atoms with van der Waals surface area (Å²) < 4.78 is 46.4. The van der Waals surface area contributed by atoms with Crippen molar-refractivity contribution in [3.8, 4) is 5.75 Å². The first-order chi connectivity index (χ1) is 23.2. The van der Waals surface area contributed by atoms with Crippen LogP contribution in [-0.2, 0) is 31.2 Å². The number of ether oxygens (including phenoxy) is 1. The lowest BCUT2D eigenvalue weighted by Gasteiger charge is -2.28. The maximum Gasteiger partial charge on any atom is 0.475 e. The van der Waals surface area contributed by atoms with Crippen molar-refractivity contribution in [1.29, 1.82) is 0 Å². The van der Waals surface area contributed by atoms with Crippen molar-refractivity contribution in [2.45, 2.75) is 19.3 Å². The zero-order valence-corrected chi connectivity index (χ0v) is 27.0. The minimum absolute atomic E-state index is 0.0105. The van der Waals surface area contributed by atoms with Gasteiger partial charge >= 0.3 is 17.8 Å². The number of hydrogen-bond donors (Lipinski definition) is 2. The van der Waals surface area contributed by atoms with E-state index in [2.05, 4.69) is 35.6 Å². The quantitative estimate of drug-likeness (QED) is 0.0702. The molecular formula is C31H29ClF3N10O4+. The van der Waals surface area contributed by atoms with Crippen LogP contribution in [0.5, 0.6) is 5.75 Å². The SMILES string of the molecule is Cn1c(C(F)(F)F)nc([N+](=O)[O-])c1C[N+](C)(C)C/C=C/C(=O)Nc1cc2c(Nc3ccc(OCc4ccccn4)c(Cl)c3)ncnc2cn1. The second kappa shape index (κ2) is 14.2. The van der Waals surface area contributed by atoms with Gasteiger partial charge in [0, 0.05) is 30.4 Å². The number of quaternary nitrogens is 1. The molecule has 0 saturated carbocycles. The molecule has 0 unspecified atom stereocenters. The molecule has 0 radical (unpaired) electrons. The van der Waals surface area contributed by atoms with E-state index in [1.807, 2.05) is 18.2 Å². The summed E-state index contributed by atoms with van der Waals surface area (Å²) >= 11 is 6.46. The van der Waals surface area contributed by atoms with E-state index in [9.17, 15) is 28.1 Å². The molecule has 14 nitrogen and oxygen atoms in total. The molecule has 49 heavy (non-hydrogen) atoms. The number of likely N-dealkylation sites (N-methyl/N-ethyl adjacent to an activating group) is 1. The van der Waals surface area contributed by atoms with Crippen LogP contribution >= 0.6 is 11.6 Å². The Morgan fingerprint density at radius 2 is 1.94 bits per heavy atom. The fourth-order valence-electron chi connectivity index (χ4n) is 4.77. The van der Waals surface area contributed by atoms with E-state index in [0.29, 0.717) is 37.7 Å². The molecule has 5 aromatic rings. The lowest BCUT2D eigenvalue weighted by molar-refractivity contribution is -0.898. The molecule has 0 aliphatic heterocycles. The molecule has 0 saturated heterocycles. The number of carbonyl (C=O) groups is 1. The third kappa shape index (κ3) is 8.62. The highest BCUT2D eigenvalue weighted by atomic mass is 35.5. The number of hydrogen-bond acceptors (Lipinski definition) is 10. The van der Waals surface area contributed by atoms with Crippen molar-refractivity contribution in [2.75, 3.05) is 31.3 Å². The summed E-state index contributed by atoms with van der Waals surface area (Å²) in [6.45, 7) is 0.245. The number of amides is 1. The fourth-order valence-corrected chi connectivity index (χ4v) is 5.01. The average Bonchev–Trinajstić information content (AvgIpc) is 3.37. The number of benzene rings is 1. The third-order valence-electron chi connectivity index (χ3n) is 7.13. The van der Waals surface area contributed by atoms with Crippen molar-refractivity contribution in [3.63, 3.8) is 0 Å². The molecule has 5 rings (SSSR count). The molecule has 0 fully saturated rings. The van der Waals surface area contributed by atoms with Gasteiger partial charge in [0.15, 0.2) is 5.69 Å². The van der Waals surface area contributed by atoms with Crippen molar-refractivity contribution in [1.82, 2.24) is 29.5 Å². The number of rotatable bonds is 12. The maximum absolute atomic E-state index is 13.3. The summed E-state index contributed by atoms with van der Waals surface area (Å²) in [7, 11) is 4.39. The standard InChI is InChI=1S/C31H28ClF3N10O4/c1-43-24(29(44(47)48)42-30(43)31(33,34)35)16-45(2,3)12-6-8-27(46)41-26-14-21-23(15-37-26)38-18-39-28(21)40-19-9-10-25(22(32)13-19)49-17-20-7-4-5-11-36-20/h4-11,13-15,18H,12,16-17H2,1-3H3,(H-,37,38,39,40,41,46)/p+1/b8-6+. The predicted octanol–water partition coefficient (Wildman–Crippen LogP) is 5.83. The highest BCUT2D eigenvalue weighted by Gasteiger charge is 2.45. The van der Waals surface area contributed by atoms with Crippen LogP contribution in [-0.4, -0.2) is 65.4 Å². The van der Waals surface area contributed by atoms with Crippen LogP contribution in [0.2, 0.25) is 5.02 Å². The Hall–Kier alpha value is -5.68. The molecule has 0 bridgehead atoms. The highest BCUT2D eigenvalue weighted by Crippen LogP contribution is 2.34. The summed E-state index contributed by atoms with van der Waals surface area (Å²) in [6, 6.07) is 12.3. The summed E-state index contributed by atoms with van der Waals surface area (Å²) in [5.41, 5.74) is 1.68. The Labute approximate surface area is 282 Å². The van der Waals surface area contributed by atoms with Crippen LogP contribution in [0.4, 0.5) is 36.3 Å². The number of pyridine rings is 2. The number of halogens is 4. The van der Waals surface area contributed by atoms with Gasteiger partial charge in [0.25, 0.3) is 0 Å². The lowest BCUT2D eigenvalue weighted by atomic mass is 10.2. The van der Waals surface area contributed by atoms with Crippen molar-refractivity contribution in [3.05, 3.63) is 106 Å². The van der Waals surface area contributed by atoms with Gasteiger partial charge in [-0.05, 0) is 52.4 Å². The van der Waals surface area contributed by atoms with E-state index in [1.165, 1.54) is 24.7 Å². The smallest absolute Gasteiger partial charge is 0.475 e. The minimum atomic E-state index is -4.86. The number of nitrogens with zero attached hydrogens (tertiary/aromatic N) is 8. The second-order valence-corrected chi connectivity index (χ2v) is 11.8. The Bertz CT molecular complexity index is 2040. The van der Waals surface area contributed by atoms with Gasteiger partial charge in [-0.1, -0.05) is 17.7 Å². The molecule has 4 heterocycles. The minimum Gasteiger partial charge on any atom is -0.486 e. The monoisotopic (exact) mass is 697 g/mol. The van der Waals surface area contributed by atoms with Gasteiger partial charge in [-0.2, -0.15) is 13.2 Å². The number of carbonyl (C=O) groups excluding carboxylic acids is 1. The van der Waals surface area contributed by atoms with Crippen molar-refractivity contribution < 1.29 is 32.1 Å². The van der Waals surface area contributed by atoms with Gasteiger partial charge < -0.3 is 30.0 Å². The van der Waals surface area contributed by atoms with E-state index in [0.717, 1.165) is 12.7 Å². The Balaban J connectivity index is 1.24. The van der Waals surface area contributed by atoms with Crippen LogP contribution in [0.3, 0.4) is 0 Å². The van der Waals surface area contributed by atoms with Crippen LogP contribution < -0.4 is 15.4 Å². The first-order valence-corrected chi connectivity index (χ1v) is 14.8. The van der Waals surface area contributed by atoms with Crippen LogP contribution in [0, 0.1) is 10.1 Å². The Kier molecular flexibility index (Phi) is 10.0. The largest absolute Gasteiger partial charge is 0.486 e. The van der Waals surface area contributed by atoms with Crippen LogP contribution in [0.1, 0.15) is 17.2 Å². The van der Waals surface area contributed by atoms with E-state index in [-0.39, 0.29) is 35.7 Å². The average molecular weight is 698 g/mol. The molecule has 0 aliphatic carbocycles. The summed E-state index contributed by atoms with van der Waals surface area (Å²) in [4.78, 5) is 43.5. The summed E-state index contributed by atoms with van der Waals surface area (Å²) in [5, 5.41) is 18.2. The normalized spacial score (nSPS) is 12.0. The molecule has 4 aromatic heterocycles. The molecule has 0 aliphatic rings. The van der Waals surface area contributed by atoms with Crippen molar-refractivity contribution >= 4 is 51.6 Å². The Morgan fingerprint density at radius 3 is 2.63 bits per heavy atom. The number of anilines is 3. The number of nitrogens with one attached hydrogen (secondary N) is 2. The molecular weight excluding hydrogens is 669 g/mol. The van der Waals surface area contributed by atoms with E-state index in [4.69, 9.17) is 16.3 Å². The van der Waals surface area contributed by atoms with Crippen LogP contribution in [0.15, 0.2) is 73.3 Å². The van der Waals surface area contributed by atoms with Gasteiger partial charge in [0.2, 0.25) is 5.91 Å². The van der Waals surface area contributed by atoms with Crippen LogP contribution in [0.25, 0.3) is 10.9 Å². The number of fused-ring (bicyclic) bond motifs is 1. The zero-order chi connectivity index (χ0) is 35.3. The molecule has 1 aromatic carbocycles. The molecule has 1 amide bonds. The number of aromatic nitrogens is 6. The van der Waals surface area contributed by atoms with E-state index in [1.54, 1.807) is 44.6 Å². The first kappa shape index (κ1) is 34.6. The maximum atomic E-state index is 13.3. The molecule has 18 heteroatoms. The third-order valence-corrected chi connectivity index (χ3v) is 7.43. The summed E-state index contributed by atoms with van der Waals surface area (Å²) in [5.74, 6) is -1.65. The van der Waals surface area contributed by atoms with Gasteiger partial charge in [-0.25, -0.2) is 15.0 Å². The highest BCUT2D eigenvalue weighted by molar-refractivity contribution is 6.32. The topological polar surface area (TPSA) is 163 Å². The number of nitro groups is 1. The van der Waals surface area contributed by atoms with Crippen molar-refractivity contribution in [2.24, 2.45) is 7.05 Å².